The van der Waals surface area contributed by atoms with Crippen molar-refractivity contribution in [2.24, 2.45) is 0 Å². The van der Waals surface area contributed by atoms with E-state index in [1.165, 1.54) is 77.0 Å². The molecule has 0 atom stereocenters. The van der Waals surface area contributed by atoms with Crippen molar-refractivity contribution in [2.45, 2.75) is 77.0 Å². The van der Waals surface area contributed by atoms with Crippen LogP contribution < -0.4 is 0 Å². The highest BCUT2D eigenvalue weighted by molar-refractivity contribution is 4.88. The normalized spacial score (nSPS) is 24.0. The van der Waals surface area contributed by atoms with E-state index in [1.54, 1.807) is 0 Å². The van der Waals surface area contributed by atoms with Crippen LogP contribution in [0.5, 0.6) is 0 Å². The largest absolute Gasteiger partial charge is 0.0885 e. The maximum Gasteiger partial charge on any atom is -0.0316 e. The molecule has 92 valence electrons. The third-order valence-electron chi connectivity index (χ3n) is 3.32. The first-order valence-electron chi connectivity index (χ1n) is 7.30. The van der Waals surface area contributed by atoms with Crippen LogP contribution in [0.25, 0.3) is 0 Å². The van der Waals surface area contributed by atoms with E-state index < -0.39 is 0 Å². The van der Waals surface area contributed by atoms with Gasteiger partial charge < -0.3 is 0 Å². The van der Waals surface area contributed by atoms with Gasteiger partial charge in [0.05, 0.1) is 0 Å². The zero-order valence-electron chi connectivity index (χ0n) is 10.8. The van der Waals surface area contributed by atoms with E-state index in [4.69, 9.17) is 0 Å². The number of hydrogen-bond donors (Lipinski definition) is 0. The highest BCUT2D eigenvalue weighted by Crippen LogP contribution is 2.11. The zero-order valence-corrected chi connectivity index (χ0v) is 10.8. The Morgan fingerprint density at radius 1 is 0.312 bits per heavy atom. The second-order valence-electron chi connectivity index (χ2n) is 4.93. The monoisotopic (exact) mass is 220 g/mol. The molecule has 0 unspecified atom stereocenters. The lowest BCUT2D eigenvalue weighted by molar-refractivity contribution is 0.570. The van der Waals surface area contributed by atoms with Gasteiger partial charge in [-0.25, -0.2) is 0 Å². The molecular weight excluding hydrogens is 192 g/mol. The number of hydrogen-bond acceptors (Lipinski definition) is 0. The maximum absolute atomic E-state index is 2.37. The zero-order chi connectivity index (χ0) is 11.3. The van der Waals surface area contributed by atoms with Gasteiger partial charge >= 0.3 is 0 Å². The second kappa shape index (κ2) is 11.0. The van der Waals surface area contributed by atoms with Crippen LogP contribution in [-0.2, 0) is 0 Å². The molecule has 0 nitrogen and oxygen atoms in total. The van der Waals surface area contributed by atoms with Gasteiger partial charge in [-0.05, 0) is 38.5 Å². The summed E-state index contributed by atoms with van der Waals surface area (Å²) in [7, 11) is 0. The van der Waals surface area contributed by atoms with Crippen LogP contribution >= 0.6 is 0 Å². The number of allylic oxidation sites excluding steroid dienone is 4. The first-order valence-corrected chi connectivity index (χ1v) is 7.30. The molecule has 0 amide bonds. The summed E-state index contributed by atoms with van der Waals surface area (Å²) in [4.78, 5) is 0. The van der Waals surface area contributed by atoms with Gasteiger partial charge in [0.1, 0.15) is 0 Å². The molecule has 0 aliphatic heterocycles. The molecule has 0 aromatic rings. The van der Waals surface area contributed by atoms with Gasteiger partial charge in [0.25, 0.3) is 0 Å². The fourth-order valence-corrected chi connectivity index (χ4v) is 2.25. The third-order valence-corrected chi connectivity index (χ3v) is 3.32. The molecular formula is C16H28. The standard InChI is InChI=1S/C16H28/c1-2-4-6-8-10-12-14-16-15-13-11-9-7-5-3-1/h1-2,7,9H,3-6,8,10-16H2/b2-1+,9-7?. The summed E-state index contributed by atoms with van der Waals surface area (Å²) in [6.45, 7) is 0. The SMILES string of the molecule is C1=CCCCCCCCCCC/C=C/CC1. The first kappa shape index (κ1) is 13.5. The summed E-state index contributed by atoms with van der Waals surface area (Å²) in [5, 5.41) is 0. The van der Waals surface area contributed by atoms with Crippen LogP contribution in [0.1, 0.15) is 77.0 Å². The lowest BCUT2D eigenvalue weighted by atomic mass is 10.1. The van der Waals surface area contributed by atoms with Gasteiger partial charge in [-0.15, -0.1) is 0 Å². The summed E-state index contributed by atoms with van der Waals surface area (Å²) in [5.41, 5.74) is 0. The van der Waals surface area contributed by atoms with Crippen LogP contribution in [0.4, 0.5) is 0 Å². The van der Waals surface area contributed by atoms with Crippen molar-refractivity contribution in [3.05, 3.63) is 24.3 Å². The Morgan fingerprint density at radius 2 is 0.625 bits per heavy atom. The molecule has 0 radical (unpaired) electrons. The topological polar surface area (TPSA) is 0 Å². The molecule has 0 heterocycles. The summed E-state index contributed by atoms with van der Waals surface area (Å²) in [6.07, 6.45) is 26.0. The van der Waals surface area contributed by atoms with Gasteiger partial charge in [0.15, 0.2) is 0 Å². The molecule has 0 spiro atoms. The molecule has 0 fully saturated rings. The lowest BCUT2D eigenvalue weighted by Crippen LogP contribution is -1.81. The van der Waals surface area contributed by atoms with E-state index in [0.717, 1.165) is 0 Å². The van der Waals surface area contributed by atoms with Crippen molar-refractivity contribution in [3.63, 3.8) is 0 Å². The Kier molecular flexibility index (Phi) is 9.30. The van der Waals surface area contributed by atoms with Gasteiger partial charge in [0.2, 0.25) is 0 Å². The molecule has 16 heavy (non-hydrogen) atoms. The molecule has 1 aliphatic rings. The van der Waals surface area contributed by atoms with Crippen molar-refractivity contribution < 1.29 is 0 Å². The van der Waals surface area contributed by atoms with Crippen molar-refractivity contribution >= 4 is 0 Å². The number of rotatable bonds is 0. The smallest absolute Gasteiger partial charge is 0.0316 e. The fourth-order valence-electron chi connectivity index (χ4n) is 2.25. The predicted octanol–water partition coefficient (Wildman–Crippen LogP) is 5.79. The molecule has 1 rings (SSSR count). The van der Waals surface area contributed by atoms with E-state index in [0.29, 0.717) is 0 Å². The van der Waals surface area contributed by atoms with E-state index in [1.807, 2.05) is 0 Å². The quantitative estimate of drug-likeness (QED) is 0.453. The summed E-state index contributed by atoms with van der Waals surface area (Å²) < 4.78 is 0. The summed E-state index contributed by atoms with van der Waals surface area (Å²) in [6, 6.07) is 0. The average molecular weight is 220 g/mol. The second-order valence-corrected chi connectivity index (χ2v) is 4.93. The minimum absolute atomic E-state index is 1.23. The summed E-state index contributed by atoms with van der Waals surface area (Å²) >= 11 is 0. The van der Waals surface area contributed by atoms with Crippen molar-refractivity contribution in [1.82, 2.24) is 0 Å². The Hall–Kier alpha value is -0.520. The van der Waals surface area contributed by atoms with Gasteiger partial charge in [-0.3, -0.25) is 0 Å². The van der Waals surface area contributed by atoms with E-state index in [2.05, 4.69) is 24.3 Å². The summed E-state index contributed by atoms with van der Waals surface area (Å²) in [5.74, 6) is 0. The highest BCUT2D eigenvalue weighted by Gasteiger charge is 1.92. The first-order chi connectivity index (χ1) is 8.00. The lowest BCUT2D eigenvalue weighted by Gasteiger charge is -2.01. The van der Waals surface area contributed by atoms with Crippen molar-refractivity contribution in [3.8, 4) is 0 Å². The van der Waals surface area contributed by atoms with E-state index in [9.17, 15) is 0 Å². The Morgan fingerprint density at radius 3 is 1.06 bits per heavy atom. The van der Waals surface area contributed by atoms with E-state index >= 15 is 0 Å². The van der Waals surface area contributed by atoms with Crippen LogP contribution in [0.15, 0.2) is 24.3 Å². The van der Waals surface area contributed by atoms with Crippen LogP contribution in [0, 0.1) is 0 Å². The molecule has 0 N–H and O–H groups in total. The molecule has 0 aromatic carbocycles. The van der Waals surface area contributed by atoms with Crippen molar-refractivity contribution in [1.29, 1.82) is 0 Å². The molecule has 0 bridgehead atoms. The molecule has 0 saturated carbocycles. The van der Waals surface area contributed by atoms with Crippen LogP contribution in [-0.4, -0.2) is 0 Å². The van der Waals surface area contributed by atoms with Gasteiger partial charge in [-0.1, -0.05) is 62.8 Å². The van der Waals surface area contributed by atoms with Gasteiger partial charge in [0, 0.05) is 0 Å². The Bertz CT molecular complexity index is 166. The minimum Gasteiger partial charge on any atom is -0.0885 e. The van der Waals surface area contributed by atoms with Crippen LogP contribution in [0.2, 0.25) is 0 Å². The van der Waals surface area contributed by atoms with E-state index in [-0.39, 0.29) is 0 Å². The van der Waals surface area contributed by atoms with Crippen molar-refractivity contribution in [2.75, 3.05) is 0 Å². The molecule has 0 saturated heterocycles. The third kappa shape index (κ3) is 8.76. The Balaban J connectivity index is 2.14. The van der Waals surface area contributed by atoms with Gasteiger partial charge in [-0.2, -0.15) is 0 Å². The fraction of sp³-hybridized carbons (Fsp3) is 0.750. The maximum atomic E-state index is 2.37. The molecule has 0 heteroatoms. The molecule has 0 aromatic heterocycles. The Labute approximate surface area is 102 Å². The minimum atomic E-state index is 1.23. The average Bonchev–Trinajstić information content (AvgIpc) is 2.29. The molecule has 1 aliphatic carbocycles. The highest BCUT2D eigenvalue weighted by atomic mass is 14.0. The van der Waals surface area contributed by atoms with Crippen LogP contribution in [0.3, 0.4) is 0 Å². The predicted molar refractivity (Wildman–Crippen MR) is 73.7 cm³/mol.